The lowest BCUT2D eigenvalue weighted by molar-refractivity contribution is -0.125. The van der Waals surface area contributed by atoms with Gasteiger partial charge in [-0.1, -0.05) is 13.8 Å². The fourth-order valence-electron chi connectivity index (χ4n) is 2.31. The summed E-state index contributed by atoms with van der Waals surface area (Å²) in [7, 11) is 0. The summed E-state index contributed by atoms with van der Waals surface area (Å²) in [4.78, 5) is 23.8. The molecule has 0 bridgehead atoms. The lowest BCUT2D eigenvalue weighted by Gasteiger charge is -2.17. The second kappa shape index (κ2) is 7.96. The third-order valence-corrected chi connectivity index (χ3v) is 4.08. The highest BCUT2D eigenvalue weighted by molar-refractivity contribution is 5.91. The van der Waals surface area contributed by atoms with Crippen molar-refractivity contribution in [3.8, 4) is 5.69 Å². The number of nitrogens with one attached hydrogen (secondary N) is 1. The van der Waals surface area contributed by atoms with E-state index in [-0.39, 0.29) is 18.6 Å². The largest absolute Gasteiger partial charge is 0.452 e. The second-order valence-electron chi connectivity index (χ2n) is 6.56. The van der Waals surface area contributed by atoms with E-state index in [0.29, 0.717) is 11.5 Å². The van der Waals surface area contributed by atoms with Crippen LogP contribution in [0.1, 0.15) is 42.5 Å². The minimum absolute atomic E-state index is 0.0336. The van der Waals surface area contributed by atoms with Gasteiger partial charge in [0.25, 0.3) is 5.91 Å². The van der Waals surface area contributed by atoms with Crippen molar-refractivity contribution in [2.45, 2.75) is 40.7 Å². The highest BCUT2D eigenvalue weighted by Crippen LogP contribution is 2.13. The zero-order valence-corrected chi connectivity index (χ0v) is 15.4. The third-order valence-electron chi connectivity index (χ3n) is 4.08. The maximum absolute atomic E-state index is 12.1. The first-order valence-corrected chi connectivity index (χ1v) is 8.38. The van der Waals surface area contributed by atoms with Gasteiger partial charge in [-0.25, -0.2) is 9.48 Å². The monoisotopic (exact) mass is 343 g/mol. The highest BCUT2D eigenvalue weighted by atomic mass is 16.5. The van der Waals surface area contributed by atoms with E-state index < -0.39 is 5.97 Å². The molecule has 1 aromatic carbocycles. The molecule has 2 aromatic rings. The Kier molecular flexibility index (Phi) is 5.96. The Morgan fingerprint density at radius 1 is 1.16 bits per heavy atom. The Morgan fingerprint density at radius 2 is 1.80 bits per heavy atom. The molecular formula is C19H25N3O3. The number of amides is 1. The van der Waals surface area contributed by atoms with Crippen LogP contribution in [0.4, 0.5) is 0 Å². The fraction of sp³-hybridized carbons (Fsp3) is 0.421. The summed E-state index contributed by atoms with van der Waals surface area (Å²) in [5.74, 6) is -0.498. The van der Waals surface area contributed by atoms with Crippen LogP contribution in [0.15, 0.2) is 30.3 Å². The molecule has 1 N–H and O–H groups in total. The summed E-state index contributed by atoms with van der Waals surface area (Å²) >= 11 is 0. The van der Waals surface area contributed by atoms with Gasteiger partial charge >= 0.3 is 5.97 Å². The molecule has 0 unspecified atom stereocenters. The third kappa shape index (κ3) is 4.92. The Labute approximate surface area is 148 Å². The number of ether oxygens (including phenoxy) is 1. The molecule has 1 atom stereocenters. The number of aryl methyl sites for hydroxylation is 2. The van der Waals surface area contributed by atoms with Gasteiger partial charge < -0.3 is 10.1 Å². The van der Waals surface area contributed by atoms with Gasteiger partial charge in [-0.3, -0.25) is 4.79 Å². The molecule has 0 radical (unpaired) electrons. The molecule has 0 aliphatic carbocycles. The number of aromatic nitrogens is 2. The van der Waals surface area contributed by atoms with Crippen molar-refractivity contribution in [1.82, 2.24) is 15.1 Å². The Morgan fingerprint density at radius 3 is 2.32 bits per heavy atom. The van der Waals surface area contributed by atoms with E-state index in [9.17, 15) is 9.59 Å². The van der Waals surface area contributed by atoms with Crippen molar-refractivity contribution < 1.29 is 14.3 Å². The molecule has 6 nitrogen and oxygen atoms in total. The first-order chi connectivity index (χ1) is 11.8. The molecule has 6 heteroatoms. The predicted octanol–water partition coefficient (Wildman–Crippen LogP) is 2.81. The highest BCUT2D eigenvalue weighted by Gasteiger charge is 2.14. The van der Waals surface area contributed by atoms with Crippen molar-refractivity contribution in [3.63, 3.8) is 0 Å². The smallest absolute Gasteiger partial charge is 0.338 e. The number of carbonyl (C=O) groups excluding carboxylic acids is 2. The zero-order chi connectivity index (χ0) is 18.6. The maximum atomic E-state index is 12.1. The SMILES string of the molecule is Cc1cc(C)n(-c2ccc(C(=O)OCC(=O)N[C@@H](C)C(C)C)cc2)n1. The molecule has 0 aliphatic rings. The van der Waals surface area contributed by atoms with Crippen LogP contribution in [0.25, 0.3) is 5.69 Å². The molecule has 1 heterocycles. The van der Waals surface area contributed by atoms with Crippen molar-refractivity contribution in [2.75, 3.05) is 6.61 Å². The molecule has 0 saturated carbocycles. The van der Waals surface area contributed by atoms with E-state index in [1.807, 2.05) is 45.4 Å². The molecule has 1 aromatic heterocycles. The number of nitrogens with zero attached hydrogens (tertiary/aromatic N) is 2. The van der Waals surface area contributed by atoms with E-state index >= 15 is 0 Å². The summed E-state index contributed by atoms with van der Waals surface area (Å²) in [6.07, 6.45) is 0. The van der Waals surface area contributed by atoms with E-state index in [4.69, 9.17) is 4.74 Å². The average molecular weight is 343 g/mol. The molecule has 134 valence electrons. The minimum Gasteiger partial charge on any atom is -0.452 e. The first-order valence-electron chi connectivity index (χ1n) is 8.38. The lowest BCUT2D eigenvalue weighted by Crippen LogP contribution is -2.38. The molecule has 2 rings (SSSR count). The van der Waals surface area contributed by atoms with Crippen LogP contribution < -0.4 is 5.32 Å². The summed E-state index contributed by atoms with van der Waals surface area (Å²) < 4.78 is 6.88. The maximum Gasteiger partial charge on any atom is 0.338 e. The summed E-state index contributed by atoms with van der Waals surface area (Å²) in [6.45, 7) is 9.57. The van der Waals surface area contributed by atoms with E-state index in [0.717, 1.165) is 17.1 Å². The van der Waals surface area contributed by atoms with Gasteiger partial charge in [-0.2, -0.15) is 5.10 Å². The van der Waals surface area contributed by atoms with Crippen LogP contribution in [-0.4, -0.2) is 34.3 Å². The number of hydrogen-bond acceptors (Lipinski definition) is 4. The molecule has 0 aliphatic heterocycles. The zero-order valence-electron chi connectivity index (χ0n) is 15.4. The molecule has 25 heavy (non-hydrogen) atoms. The van der Waals surface area contributed by atoms with Crippen molar-refractivity contribution in [3.05, 3.63) is 47.3 Å². The Hall–Kier alpha value is -2.63. The fourth-order valence-corrected chi connectivity index (χ4v) is 2.31. The quantitative estimate of drug-likeness (QED) is 0.819. The number of benzene rings is 1. The van der Waals surface area contributed by atoms with Crippen LogP contribution >= 0.6 is 0 Å². The summed E-state index contributed by atoms with van der Waals surface area (Å²) in [5, 5.41) is 7.20. The molecule has 1 amide bonds. The molecule has 0 fully saturated rings. The normalized spacial score (nSPS) is 12.1. The topological polar surface area (TPSA) is 73.2 Å². The molecular weight excluding hydrogens is 318 g/mol. The van der Waals surface area contributed by atoms with Gasteiger partial charge in [0.1, 0.15) is 0 Å². The standard InChI is InChI=1S/C19H25N3O3/c1-12(2)15(5)20-18(23)11-25-19(24)16-6-8-17(9-7-16)22-14(4)10-13(3)21-22/h6-10,12,15H,11H2,1-5H3,(H,20,23)/t15-/m0/s1. The van der Waals surface area contributed by atoms with Crippen molar-refractivity contribution >= 4 is 11.9 Å². The van der Waals surface area contributed by atoms with Gasteiger partial charge in [0.2, 0.25) is 0 Å². The molecule has 0 saturated heterocycles. The van der Waals surface area contributed by atoms with Crippen LogP contribution in [-0.2, 0) is 9.53 Å². The number of esters is 1. The van der Waals surface area contributed by atoms with Gasteiger partial charge in [0.05, 0.1) is 16.9 Å². The number of hydrogen-bond donors (Lipinski definition) is 1. The van der Waals surface area contributed by atoms with Gasteiger partial charge in [-0.15, -0.1) is 0 Å². The van der Waals surface area contributed by atoms with Crippen LogP contribution in [0.3, 0.4) is 0 Å². The van der Waals surface area contributed by atoms with Crippen LogP contribution in [0, 0.1) is 19.8 Å². The Balaban J connectivity index is 1.94. The van der Waals surface area contributed by atoms with Gasteiger partial charge in [0, 0.05) is 11.7 Å². The Bertz CT molecular complexity index is 748. The van der Waals surface area contributed by atoms with Crippen molar-refractivity contribution in [1.29, 1.82) is 0 Å². The minimum atomic E-state index is -0.521. The van der Waals surface area contributed by atoms with E-state index in [1.165, 1.54) is 0 Å². The van der Waals surface area contributed by atoms with Gasteiger partial charge in [0.15, 0.2) is 6.61 Å². The van der Waals surface area contributed by atoms with Crippen LogP contribution in [0.5, 0.6) is 0 Å². The van der Waals surface area contributed by atoms with Crippen molar-refractivity contribution in [2.24, 2.45) is 5.92 Å². The summed E-state index contributed by atoms with van der Waals surface area (Å²) in [6, 6.07) is 8.96. The molecule has 0 spiro atoms. The summed E-state index contributed by atoms with van der Waals surface area (Å²) in [5.41, 5.74) is 3.21. The predicted molar refractivity (Wildman–Crippen MR) is 95.8 cm³/mol. The number of carbonyl (C=O) groups is 2. The van der Waals surface area contributed by atoms with E-state index in [2.05, 4.69) is 10.4 Å². The average Bonchev–Trinajstić information content (AvgIpc) is 2.91. The van der Waals surface area contributed by atoms with E-state index in [1.54, 1.807) is 24.3 Å². The lowest BCUT2D eigenvalue weighted by atomic mass is 10.1. The van der Waals surface area contributed by atoms with Crippen LogP contribution in [0.2, 0.25) is 0 Å². The second-order valence-corrected chi connectivity index (χ2v) is 6.56. The van der Waals surface area contributed by atoms with Gasteiger partial charge in [-0.05, 0) is 57.0 Å². The number of rotatable bonds is 6. The first kappa shape index (κ1) is 18.7.